The van der Waals surface area contributed by atoms with Crippen molar-refractivity contribution >= 4 is 16.9 Å². The van der Waals surface area contributed by atoms with Crippen LogP contribution in [0.1, 0.15) is 49.5 Å². The predicted molar refractivity (Wildman–Crippen MR) is 99.2 cm³/mol. The van der Waals surface area contributed by atoms with Gasteiger partial charge in [-0.15, -0.1) is 0 Å². The summed E-state index contributed by atoms with van der Waals surface area (Å²) in [7, 11) is 0. The predicted octanol–water partition coefficient (Wildman–Crippen LogP) is 4.56. The lowest BCUT2D eigenvalue weighted by Gasteiger charge is -2.25. The van der Waals surface area contributed by atoms with Crippen LogP contribution in [0.15, 0.2) is 48.5 Å². The summed E-state index contributed by atoms with van der Waals surface area (Å²) in [4.78, 5) is 22.9. The Morgan fingerprint density at radius 2 is 2.04 bits per heavy atom. The number of benzene rings is 2. The lowest BCUT2D eigenvalue weighted by Crippen LogP contribution is -2.31. The SMILES string of the molecule is CC(CC(=O)N1CCCC1c1nc2ccccc2[nH]1)c1ccc(F)cc1. The molecule has 134 valence electrons. The van der Waals surface area contributed by atoms with E-state index in [-0.39, 0.29) is 23.7 Å². The highest BCUT2D eigenvalue weighted by Crippen LogP contribution is 2.33. The Balaban J connectivity index is 1.50. The number of nitrogens with zero attached hydrogens (tertiary/aromatic N) is 2. The quantitative estimate of drug-likeness (QED) is 0.749. The zero-order chi connectivity index (χ0) is 18.1. The number of amides is 1. The molecule has 2 atom stereocenters. The van der Waals surface area contributed by atoms with Crippen LogP contribution in [0.25, 0.3) is 11.0 Å². The van der Waals surface area contributed by atoms with Gasteiger partial charge in [-0.3, -0.25) is 4.79 Å². The fraction of sp³-hybridized carbons (Fsp3) is 0.333. The van der Waals surface area contributed by atoms with E-state index in [1.165, 1.54) is 12.1 Å². The highest BCUT2D eigenvalue weighted by Gasteiger charge is 2.32. The highest BCUT2D eigenvalue weighted by molar-refractivity contribution is 5.78. The fourth-order valence-corrected chi connectivity index (χ4v) is 3.77. The van der Waals surface area contributed by atoms with Gasteiger partial charge < -0.3 is 9.88 Å². The third kappa shape index (κ3) is 3.21. The van der Waals surface area contributed by atoms with Gasteiger partial charge in [0.1, 0.15) is 11.6 Å². The first-order chi connectivity index (χ1) is 12.6. The lowest BCUT2D eigenvalue weighted by molar-refractivity contribution is -0.132. The Labute approximate surface area is 152 Å². The number of rotatable bonds is 4. The van der Waals surface area contributed by atoms with Crippen molar-refractivity contribution in [3.8, 4) is 0 Å². The molecule has 0 bridgehead atoms. The van der Waals surface area contributed by atoms with Gasteiger partial charge in [-0.1, -0.05) is 31.2 Å². The Hall–Kier alpha value is -2.69. The number of halogens is 1. The van der Waals surface area contributed by atoms with Crippen molar-refractivity contribution < 1.29 is 9.18 Å². The minimum absolute atomic E-state index is 0.00955. The summed E-state index contributed by atoms with van der Waals surface area (Å²) in [6.07, 6.45) is 2.33. The van der Waals surface area contributed by atoms with E-state index >= 15 is 0 Å². The number of carbonyl (C=O) groups excluding carboxylic acids is 1. The normalized spacial score (nSPS) is 18.4. The van der Waals surface area contributed by atoms with Gasteiger partial charge in [0.2, 0.25) is 5.91 Å². The van der Waals surface area contributed by atoms with E-state index in [0.29, 0.717) is 6.42 Å². The average Bonchev–Trinajstić information content (AvgIpc) is 3.28. The molecule has 1 amide bonds. The van der Waals surface area contributed by atoms with Gasteiger partial charge in [-0.05, 0) is 48.6 Å². The molecule has 2 aromatic carbocycles. The van der Waals surface area contributed by atoms with E-state index in [4.69, 9.17) is 0 Å². The second-order valence-electron chi connectivity index (χ2n) is 7.04. The van der Waals surface area contributed by atoms with Gasteiger partial charge in [0, 0.05) is 13.0 Å². The highest BCUT2D eigenvalue weighted by atomic mass is 19.1. The molecule has 0 radical (unpaired) electrons. The number of nitrogens with one attached hydrogen (secondary N) is 1. The van der Waals surface area contributed by atoms with Gasteiger partial charge in [-0.25, -0.2) is 9.37 Å². The number of H-pyrrole nitrogens is 1. The number of aromatic nitrogens is 2. The van der Waals surface area contributed by atoms with E-state index in [1.54, 1.807) is 12.1 Å². The van der Waals surface area contributed by atoms with Gasteiger partial charge in [0.25, 0.3) is 0 Å². The van der Waals surface area contributed by atoms with Gasteiger partial charge in [0.05, 0.1) is 17.1 Å². The van der Waals surface area contributed by atoms with Crippen LogP contribution < -0.4 is 0 Å². The second kappa shape index (κ2) is 6.90. The van der Waals surface area contributed by atoms with Crippen molar-refractivity contribution in [3.63, 3.8) is 0 Å². The Bertz CT molecular complexity index is 885. The van der Waals surface area contributed by atoms with Crippen molar-refractivity contribution in [2.45, 2.75) is 38.1 Å². The number of hydrogen-bond acceptors (Lipinski definition) is 2. The summed E-state index contributed by atoms with van der Waals surface area (Å²) >= 11 is 0. The molecule has 4 nitrogen and oxygen atoms in total. The molecule has 0 aliphatic carbocycles. The van der Waals surface area contributed by atoms with Gasteiger partial charge in [-0.2, -0.15) is 0 Å². The molecule has 1 saturated heterocycles. The second-order valence-corrected chi connectivity index (χ2v) is 7.04. The van der Waals surface area contributed by atoms with Crippen molar-refractivity contribution in [2.24, 2.45) is 0 Å². The average molecular weight is 351 g/mol. The minimum atomic E-state index is -0.253. The maximum atomic E-state index is 13.1. The van der Waals surface area contributed by atoms with Gasteiger partial charge in [0.15, 0.2) is 0 Å². The molecular formula is C21H22FN3O. The van der Waals surface area contributed by atoms with Crippen LogP contribution in [0, 0.1) is 5.82 Å². The standard InChI is InChI=1S/C21H22FN3O/c1-14(15-8-10-16(22)11-9-15)13-20(26)25-12-4-7-19(25)21-23-17-5-2-3-6-18(17)24-21/h2-3,5-6,8-11,14,19H,4,7,12-13H2,1H3,(H,23,24). The smallest absolute Gasteiger partial charge is 0.223 e. The molecule has 3 aromatic rings. The molecule has 0 saturated carbocycles. The summed E-state index contributed by atoms with van der Waals surface area (Å²) in [5.74, 6) is 0.799. The maximum absolute atomic E-state index is 13.1. The third-order valence-corrected chi connectivity index (χ3v) is 5.22. The first kappa shape index (κ1) is 16.8. The monoisotopic (exact) mass is 351 g/mol. The van der Waals surface area contributed by atoms with E-state index < -0.39 is 0 Å². The molecule has 2 heterocycles. The molecule has 4 rings (SSSR count). The molecule has 1 aromatic heterocycles. The molecule has 1 N–H and O–H groups in total. The lowest BCUT2D eigenvalue weighted by atomic mass is 9.97. The number of imidazole rings is 1. The number of carbonyl (C=O) groups is 1. The number of likely N-dealkylation sites (tertiary alicyclic amines) is 1. The van der Waals surface area contributed by atoms with Gasteiger partial charge >= 0.3 is 0 Å². The number of hydrogen-bond donors (Lipinski definition) is 1. The Morgan fingerprint density at radius 3 is 2.81 bits per heavy atom. The summed E-state index contributed by atoms with van der Waals surface area (Å²) in [5.41, 5.74) is 2.92. The van der Waals surface area contributed by atoms with E-state index in [1.807, 2.05) is 36.1 Å². The third-order valence-electron chi connectivity index (χ3n) is 5.22. The zero-order valence-electron chi connectivity index (χ0n) is 14.8. The number of para-hydroxylation sites is 2. The van der Waals surface area contributed by atoms with E-state index in [0.717, 1.165) is 41.8 Å². The first-order valence-corrected chi connectivity index (χ1v) is 9.11. The molecule has 1 aliphatic heterocycles. The van der Waals surface area contributed by atoms with Crippen molar-refractivity contribution in [1.29, 1.82) is 0 Å². The first-order valence-electron chi connectivity index (χ1n) is 9.11. The summed E-state index contributed by atoms with van der Waals surface area (Å²) < 4.78 is 13.1. The van der Waals surface area contributed by atoms with Crippen LogP contribution in [0.4, 0.5) is 4.39 Å². The molecule has 2 unspecified atom stereocenters. The molecule has 26 heavy (non-hydrogen) atoms. The van der Waals surface area contributed by atoms with E-state index in [2.05, 4.69) is 9.97 Å². The molecule has 1 fully saturated rings. The van der Waals surface area contributed by atoms with Crippen LogP contribution in [0.2, 0.25) is 0 Å². The minimum Gasteiger partial charge on any atom is -0.340 e. The number of aromatic amines is 1. The van der Waals surface area contributed by atoms with Crippen LogP contribution in [0.5, 0.6) is 0 Å². The molecule has 1 aliphatic rings. The summed E-state index contributed by atoms with van der Waals surface area (Å²) in [5, 5.41) is 0. The largest absolute Gasteiger partial charge is 0.340 e. The molecule has 5 heteroatoms. The fourth-order valence-electron chi connectivity index (χ4n) is 3.77. The van der Waals surface area contributed by atoms with Crippen molar-refractivity contribution in [2.75, 3.05) is 6.54 Å². The number of fused-ring (bicyclic) bond motifs is 1. The van der Waals surface area contributed by atoms with Crippen LogP contribution in [-0.4, -0.2) is 27.3 Å². The summed E-state index contributed by atoms with van der Waals surface area (Å²) in [6, 6.07) is 14.3. The molecule has 0 spiro atoms. The summed E-state index contributed by atoms with van der Waals surface area (Å²) in [6.45, 7) is 2.77. The van der Waals surface area contributed by atoms with Crippen LogP contribution >= 0.6 is 0 Å². The Kier molecular flexibility index (Phi) is 4.45. The maximum Gasteiger partial charge on any atom is 0.223 e. The molecular weight excluding hydrogens is 329 g/mol. The Morgan fingerprint density at radius 1 is 1.27 bits per heavy atom. The van der Waals surface area contributed by atoms with Crippen molar-refractivity contribution in [1.82, 2.24) is 14.9 Å². The van der Waals surface area contributed by atoms with Crippen molar-refractivity contribution in [3.05, 3.63) is 65.7 Å². The zero-order valence-corrected chi connectivity index (χ0v) is 14.8. The van der Waals surface area contributed by atoms with Crippen LogP contribution in [-0.2, 0) is 4.79 Å². The van der Waals surface area contributed by atoms with E-state index in [9.17, 15) is 9.18 Å². The topological polar surface area (TPSA) is 49.0 Å². The van der Waals surface area contributed by atoms with Crippen LogP contribution in [0.3, 0.4) is 0 Å².